The lowest BCUT2D eigenvalue weighted by molar-refractivity contribution is -0.873. The van der Waals surface area contributed by atoms with Gasteiger partial charge in [-0.15, -0.1) is 12.4 Å². The highest BCUT2D eigenvalue weighted by atomic mass is 35.5. The average molecular weight is 345 g/mol. The third-order valence-electron chi connectivity index (χ3n) is 2.15. The Bertz CT molecular complexity index is 358. The zero-order valence-electron chi connectivity index (χ0n) is 12.9. The summed E-state index contributed by atoms with van der Waals surface area (Å²) in [4.78, 5) is 29.9. The van der Waals surface area contributed by atoms with E-state index in [-0.39, 0.29) is 31.7 Å². The number of aliphatic carboxylic acids is 3. The van der Waals surface area contributed by atoms with Crippen molar-refractivity contribution in [3.63, 3.8) is 0 Å². The number of nitrogens with two attached hydrogens (primary N) is 1. The van der Waals surface area contributed by atoms with Gasteiger partial charge in [-0.2, -0.15) is 0 Å². The molecule has 9 nitrogen and oxygen atoms in total. The monoisotopic (exact) mass is 344 g/mol. The molecule has 0 aliphatic carbocycles. The number of hydrogen-bond acceptors (Lipinski definition) is 6. The van der Waals surface area contributed by atoms with E-state index in [0.717, 1.165) is 0 Å². The molecule has 0 spiro atoms. The van der Waals surface area contributed by atoms with Crippen LogP contribution in [0, 0.1) is 0 Å². The van der Waals surface area contributed by atoms with Crippen molar-refractivity contribution in [1.82, 2.24) is 0 Å². The van der Waals surface area contributed by atoms with Crippen LogP contribution in [-0.4, -0.2) is 77.5 Å². The van der Waals surface area contributed by atoms with Crippen molar-refractivity contribution in [1.29, 1.82) is 0 Å². The van der Waals surface area contributed by atoms with Gasteiger partial charge in [0.05, 0.1) is 21.1 Å². The van der Waals surface area contributed by atoms with Gasteiger partial charge in [0.2, 0.25) is 0 Å². The molecule has 132 valence electrons. The lowest BCUT2D eigenvalue weighted by Crippen LogP contribution is -2.43. The first-order valence-corrected chi connectivity index (χ1v) is 6.23. The average Bonchev–Trinajstić information content (AvgIpc) is 2.22. The molecule has 0 radical (unpaired) electrons. The van der Waals surface area contributed by atoms with Gasteiger partial charge in [0.25, 0.3) is 0 Å². The number of aliphatic hydroxyl groups excluding tert-OH is 1. The van der Waals surface area contributed by atoms with Crippen molar-refractivity contribution < 1.29 is 39.3 Å². The first-order chi connectivity index (χ1) is 9.35. The Morgan fingerprint density at radius 1 is 1.18 bits per heavy atom. The molecule has 0 bridgehead atoms. The molecule has 0 aliphatic heterocycles. The highest BCUT2D eigenvalue weighted by molar-refractivity contribution is 5.85. The van der Waals surface area contributed by atoms with Crippen LogP contribution in [0.2, 0.25) is 0 Å². The molecule has 2 unspecified atom stereocenters. The summed E-state index contributed by atoms with van der Waals surface area (Å²) in [6.45, 7) is 0.425. The maximum absolute atomic E-state index is 10.0. The van der Waals surface area contributed by atoms with E-state index in [2.05, 4.69) is 0 Å². The maximum atomic E-state index is 10.0. The molecule has 10 heteroatoms. The van der Waals surface area contributed by atoms with Gasteiger partial charge in [-0.1, -0.05) is 0 Å². The van der Waals surface area contributed by atoms with Crippen LogP contribution in [0.4, 0.5) is 0 Å². The van der Waals surface area contributed by atoms with Gasteiger partial charge in [-0.25, -0.2) is 0 Å². The van der Waals surface area contributed by atoms with Crippen molar-refractivity contribution in [3.05, 3.63) is 0 Å². The van der Waals surface area contributed by atoms with Gasteiger partial charge in [0.15, 0.2) is 0 Å². The molecule has 22 heavy (non-hydrogen) atoms. The lowest BCUT2D eigenvalue weighted by Gasteiger charge is -2.26. The standard InChI is InChI=1S/C7H15NO3.C5H9NO4.ClH/c1-8(2,3)5-6(9)4-7(10)11;6-3(5(9)10)1-2-4(7)8;/h6,9H,4-5H2,1-3H3;3H,1-2,6H2,(H,7,8)(H,9,10);1H. The van der Waals surface area contributed by atoms with E-state index >= 15 is 0 Å². The summed E-state index contributed by atoms with van der Waals surface area (Å²) in [6.07, 6.45) is -1.31. The fraction of sp³-hybridized carbons (Fsp3) is 0.750. The fourth-order valence-corrected chi connectivity index (χ4v) is 1.29. The number of nitrogens with zero attached hydrogens (tertiary/aromatic N) is 1. The summed E-state index contributed by atoms with van der Waals surface area (Å²) >= 11 is 0. The number of carboxylic acid groups (broad SMARTS) is 3. The zero-order chi connectivity index (χ0) is 17.2. The van der Waals surface area contributed by atoms with Crippen molar-refractivity contribution in [2.45, 2.75) is 31.4 Å². The van der Waals surface area contributed by atoms with Gasteiger partial charge < -0.3 is 35.4 Å². The Morgan fingerprint density at radius 3 is 1.91 bits per heavy atom. The molecule has 0 amide bonds. The van der Waals surface area contributed by atoms with Gasteiger partial charge in [0, 0.05) is 18.8 Å². The van der Waals surface area contributed by atoms with E-state index in [1.165, 1.54) is 0 Å². The molecule has 0 saturated carbocycles. The molecular formula is C12H25ClN2O7. The summed E-state index contributed by atoms with van der Waals surface area (Å²) in [5, 5.41) is 35.4. The van der Waals surface area contributed by atoms with Crippen LogP contribution in [0.3, 0.4) is 0 Å². The van der Waals surface area contributed by atoms with E-state index in [9.17, 15) is 19.5 Å². The number of halogens is 1. The summed E-state index contributed by atoms with van der Waals surface area (Å²) < 4.78 is 0.550. The predicted molar refractivity (Wildman–Crippen MR) is 78.3 cm³/mol. The third kappa shape index (κ3) is 20.9. The Hall–Kier alpha value is -1.42. The molecule has 0 rings (SSSR count). The molecular weight excluding hydrogens is 320 g/mol. The Balaban J connectivity index is -0.000000315. The second-order valence-electron chi connectivity index (χ2n) is 5.58. The number of rotatable bonds is 8. The summed E-state index contributed by atoms with van der Waals surface area (Å²) in [6, 6.07) is -1.06. The molecule has 0 aliphatic rings. The number of carbonyl (C=O) groups excluding carboxylic acids is 1. The minimum atomic E-state index is -1.20. The van der Waals surface area contributed by atoms with E-state index < -0.39 is 30.1 Å². The molecule has 0 aromatic carbocycles. The van der Waals surface area contributed by atoms with Crippen LogP contribution in [0.1, 0.15) is 19.3 Å². The molecule has 0 aromatic rings. The van der Waals surface area contributed by atoms with Crippen LogP contribution in [0.5, 0.6) is 0 Å². The van der Waals surface area contributed by atoms with Crippen molar-refractivity contribution in [2.24, 2.45) is 5.73 Å². The Labute approximate surface area is 135 Å². The number of carboxylic acids is 3. The van der Waals surface area contributed by atoms with E-state index in [0.29, 0.717) is 11.0 Å². The molecule has 0 saturated heterocycles. The van der Waals surface area contributed by atoms with E-state index in [4.69, 9.17) is 21.1 Å². The second kappa shape index (κ2) is 12.2. The molecule has 0 aromatic heterocycles. The van der Waals surface area contributed by atoms with Crippen LogP contribution in [-0.2, 0) is 14.4 Å². The molecule has 5 N–H and O–H groups in total. The highest BCUT2D eigenvalue weighted by Crippen LogP contribution is 1.97. The Kier molecular flexibility index (Phi) is 14.1. The quantitative estimate of drug-likeness (QED) is 0.363. The van der Waals surface area contributed by atoms with E-state index in [1.807, 2.05) is 21.1 Å². The first kappa shape index (κ1) is 25.5. The van der Waals surface area contributed by atoms with Crippen LogP contribution in [0.15, 0.2) is 0 Å². The van der Waals surface area contributed by atoms with Gasteiger partial charge in [-0.05, 0) is 6.42 Å². The number of likely N-dealkylation sites (N-methyl/N-ethyl adjacent to an activating group) is 1. The number of hydrogen-bond donors (Lipinski definition) is 4. The highest BCUT2D eigenvalue weighted by Gasteiger charge is 2.15. The minimum Gasteiger partial charge on any atom is -0.550 e. The Morgan fingerprint density at radius 2 is 1.64 bits per heavy atom. The third-order valence-corrected chi connectivity index (χ3v) is 2.15. The zero-order valence-corrected chi connectivity index (χ0v) is 13.7. The normalized spacial score (nSPS) is 13.0. The number of carbonyl (C=O) groups is 3. The van der Waals surface area contributed by atoms with Crippen molar-refractivity contribution in [2.75, 3.05) is 27.7 Å². The van der Waals surface area contributed by atoms with Gasteiger partial charge >= 0.3 is 11.9 Å². The van der Waals surface area contributed by atoms with Crippen molar-refractivity contribution in [3.8, 4) is 0 Å². The summed E-state index contributed by atoms with van der Waals surface area (Å²) in [5.74, 6) is -3.40. The molecule has 0 fully saturated rings. The number of quaternary nitrogens is 1. The maximum Gasteiger partial charge on any atom is 0.320 e. The van der Waals surface area contributed by atoms with E-state index in [1.54, 1.807) is 0 Å². The van der Waals surface area contributed by atoms with Crippen LogP contribution < -0.4 is 10.8 Å². The molecule has 2 atom stereocenters. The summed E-state index contributed by atoms with van der Waals surface area (Å²) in [7, 11) is 5.66. The predicted octanol–water partition coefficient (Wildman–Crippen LogP) is -2.12. The SMILES string of the molecule is C[N+](C)(C)CC(O)CC(=O)[O-].Cl.NC(CCC(=O)O)C(=O)O. The molecule has 0 heterocycles. The minimum absolute atomic E-state index is 0. The van der Waals surface area contributed by atoms with Crippen LogP contribution in [0.25, 0.3) is 0 Å². The smallest absolute Gasteiger partial charge is 0.320 e. The second-order valence-corrected chi connectivity index (χ2v) is 5.58. The van der Waals surface area contributed by atoms with Crippen molar-refractivity contribution >= 4 is 30.3 Å². The largest absolute Gasteiger partial charge is 0.550 e. The van der Waals surface area contributed by atoms with Crippen LogP contribution >= 0.6 is 12.4 Å². The topological polar surface area (TPSA) is 161 Å². The van der Waals surface area contributed by atoms with Gasteiger partial charge in [-0.3, -0.25) is 9.59 Å². The number of aliphatic hydroxyl groups is 1. The first-order valence-electron chi connectivity index (χ1n) is 6.23. The summed E-state index contributed by atoms with van der Waals surface area (Å²) in [5.41, 5.74) is 5.00. The fourth-order valence-electron chi connectivity index (χ4n) is 1.29. The van der Waals surface area contributed by atoms with Gasteiger partial charge in [0.1, 0.15) is 18.7 Å². The lowest BCUT2D eigenvalue weighted by atomic mass is 10.2.